The van der Waals surface area contributed by atoms with Crippen molar-refractivity contribution in [3.8, 4) is 11.3 Å². The number of hydrogen-bond donors (Lipinski definition) is 0. The average molecular weight is 367 g/mol. The molecule has 1 aromatic carbocycles. The maximum atomic E-state index is 13.2. The van der Waals surface area contributed by atoms with Gasteiger partial charge in [0.05, 0.1) is 10.0 Å². The van der Waals surface area contributed by atoms with E-state index in [4.69, 9.17) is 27.7 Å². The Kier molecular flexibility index (Phi) is 5.16. The van der Waals surface area contributed by atoms with Gasteiger partial charge in [-0.2, -0.15) is 0 Å². The Balaban J connectivity index is 2.06. The van der Waals surface area contributed by atoms with Gasteiger partial charge in [-0.3, -0.25) is 4.79 Å². The van der Waals surface area contributed by atoms with Gasteiger partial charge in [-0.1, -0.05) is 41.3 Å². The van der Waals surface area contributed by atoms with Crippen LogP contribution in [0.5, 0.6) is 0 Å². The van der Waals surface area contributed by atoms with Crippen molar-refractivity contribution in [1.82, 2.24) is 10.1 Å². The molecule has 1 aliphatic rings. The molecule has 1 atom stereocenters. The van der Waals surface area contributed by atoms with Gasteiger partial charge >= 0.3 is 0 Å². The molecule has 2 heterocycles. The number of aryl methyl sites for hydroxylation is 1. The molecule has 0 spiro atoms. The van der Waals surface area contributed by atoms with Gasteiger partial charge in [0.1, 0.15) is 17.0 Å². The molecule has 1 aliphatic heterocycles. The molecular formula is C18H20Cl2N2O2. The van der Waals surface area contributed by atoms with Gasteiger partial charge in [-0.15, -0.1) is 0 Å². The number of amides is 1. The Hall–Kier alpha value is -1.52. The van der Waals surface area contributed by atoms with Gasteiger partial charge < -0.3 is 9.42 Å². The minimum absolute atomic E-state index is 0.0497. The molecule has 128 valence electrons. The van der Waals surface area contributed by atoms with Crippen LogP contribution in [0.15, 0.2) is 22.7 Å². The summed E-state index contributed by atoms with van der Waals surface area (Å²) in [6, 6.07) is 5.49. The SMILES string of the molecule is CCC1CCCCN1C(=O)c1c(-c2c(Cl)cccc2Cl)noc1C. The first-order valence-corrected chi connectivity index (χ1v) is 9.01. The lowest BCUT2D eigenvalue weighted by Gasteiger charge is -2.35. The van der Waals surface area contributed by atoms with E-state index in [1.165, 1.54) is 0 Å². The van der Waals surface area contributed by atoms with Crippen molar-refractivity contribution in [2.24, 2.45) is 0 Å². The smallest absolute Gasteiger partial charge is 0.259 e. The molecule has 1 saturated heterocycles. The van der Waals surface area contributed by atoms with Gasteiger partial charge in [0, 0.05) is 18.2 Å². The lowest BCUT2D eigenvalue weighted by atomic mass is 9.97. The Morgan fingerprint density at radius 2 is 2.04 bits per heavy atom. The monoisotopic (exact) mass is 366 g/mol. The van der Waals surface area contributed by atoms with E-state index < -0.39 is 0 Å². The normalized spacial score (nSPS) is 18.0. The number of halogens is 2. The third-order valence-electron chi connectivity index (χ3n) is 4.64. The number of hydrogen-bond acceptors (Lipinski definition) is 3. The number of carbonyl (C=O) groups is 1. The number of carbonyl (C=O) groups excluding carboxylic acids is 1. The predicted molar refractivity (Wildman–Crippen MR) is 95.7 cm³/mol. The first-order chi connectivity index (χ1) is 11.5. The summed E-state index contributed by atoms with van der Waals surface area (Å²) in [5.74, 6) is 0.442. The minimum atomic E-state index is -0.0497. The molecule has 1 unspecified atom stereocenters. The molecule has 2 aromatic rings. The second kappa shape index (κ2) is 7.16. The fourth-order valence-corrected chi connectivity index (χ4v) is 3.93. The lowest BCUT2D eigenvalue weighted by molar-refractivity contribution is 0.0607. The van der Waals surface area contributed by atoms with E-state index in [0.29, 0.717) is 32.6 Å². The van der Waals surface area contributed by atoms with Crippen molar-refractivity contribution in [2.75, 3.05) is 6.54 Å². The van der Waals surface area contributed by atoms with Crippen molar-refractivity contribution >= 4 is 29.1 Å². The van der Waals surface area contributed by atoms with Gasteiger partial charge in [-0.05, 0) is 44.7 Å². The summed E-state index contributed by atoms with van der Waals surface area (Å²) in [5, 5.41) is 4.99. The highest BCUT2D eigenvalue weighted by Crippen LogP contribution is 2.37. The minimum Gasteiger partial charge on any atom is -0.360 e. The number of likely N-dealkylation sites (tertiary alicyclic amines) is 1. The molecule has 6 heteroatoms. The molecule has 4 nitrogen and oxygen atoms in total. The fourth-order valence-electron chi connectivity index (χ4n) is 3.35. The quantitative estimate of drug-likeness (QED) is 0.734. The Bertz CT molecular complexity index is 737. The number of piperidine rings is 1. The summed E-state index contributed by atoms with van der Waals surface area (Å²) in [4.78, 5) is 15.1. The molecule has 0 aliphatic carbocycles. The van der Waals surface area contributed by atoms with E-state index in [9.17, 15) is 4.79 Å². The molecule has 1 amide bonds. The highest BCUT2D eigenvalue weighted by Gasteiger charge is 2.32. The Morgan fingerprint density at radius 3 is 2.71 bits per heavy atom. The maximum Gasteiger partial charge on any atom is 0.259 e. The third-order valence-corrected chi connectivity index (χ3v) is 5.27. The van der Waals surface area contributed by atoms with Crippen molar-refractivity contribution in [3.05, 3.63) is 39.6 Å². The van der Waals surface area contributed by atoms with E-state index in [0.717, 1.165) is 32.2 Å². The number of aromatic nitrogens is 1. The first-order valence-electron chi connectivity index (χ1n) is 8.26. The summed E-state index contributed by atoms with van der Waals surface area (Å²) in [5.41, 5.74) is 1.44. The fraction of sp³-hybridized carbons (Fsp3) is 0.444. The zero-order chi connectivity index (χ0) is 17.3. The van der Waals surface area contributed by atoms with Crippen LogP contribution < -0.4 is 0 Å². The van der Waals surface area contributed by atoms with Gasteiger partial charge in [-0.25, -0.2) is 0 Å². The van der Waals surface area contributed by atoms with Crippen molar-refractivity contribution in [2.45, 2.75) is 45.6 Å². The van der Waals surface area contributed by atoms with Gasteiger partial charge in [0.15, 0.2) is 0 Å². The van der Waals surface area contributed by atoms with E-state index in [1.54, 1.807) is 25.1 Å². The summed E-state index contributed by atoms with van der Waals surface area (Å²) >= 11 is 12.6. The van der Waals surface area contributed by atoms with Crippen LogP contribution in [0.2, 0.25) is 10.0 Å². The molecule has 1 fully saturated rings. The molecule has 24 heavy (non-hydrogen) atoms. The molecule has 0 radical (unpaired) electrons. The highest BCUT2D eigenvalue weighted by molar-refractivity contribution is 6.39. The summed E-state index contributed by atoms with van der Waals surface area (Å²) in [6.45, 7) is 4.62. The number of benzene rings is 1. The van der Waals surface area contributed by atoms with Crippen LogP contribution in [0.25, 0.3) is 11.3 Å². The molecule has 0 N–H and O–H groups in total. The predicted octanol–water partition coefficient (Wildman–Crippen LogP) is 5.36. The second-order valence-electron chi connectivity index (χ2n) is 6.12. The largest absolute Gasteiger partial charge is 0.360 e. The average Bonchev–Trinajstić information content (AvgIpc) is 2.95. The number of rotatable bonds is 3. The topological polar surface area (TPSA) is 46.3 Å². The Morgan fingerprint density at radius 1 is 1.33 bits per heavy atom. The zero-order valence-corrected chi connectivity index (χ0v) is 15.3. The third kappa shape index (κ3) is 3.05. The molecule has 1 aromatic heterocycles. The van der Waals surface area contributed by atoms with Crippen molar-refractivity contribution in [3.63, 3.8) is 0 Å². The standard InChI is InChI=1S/C18H20Cl2N2O2/c1-3-12-7-4-5-10-22(12)18(23)15-11(2)24-21-17(15)16-13(19)8-6-9-14(16)20/h6,8-9,12H,3-5,7,10H2,1-2H3. The maximum absolute atomic E-state index is 13.2. The highest BCUT2D eigenvalue weighted by atomic mass is 35.5. The molecule has 3 rings (SSSR count). The first kappa shape index (κ1) is 17.3. The van der Waals surface area contributed by atoms with Crippen LogP contribution in [0.1, 0.15) is 48.7 Å². The molecule has 0 bridgehead atoms. The van der Waals surface area contributed by atoms with Crippen LogP contribution in [0.3, 0.4) is 0 Å². The van der Waals surface area contributed by atoms with Gasteiger partial charge in [0.25, 0.3) is 5.91 Å². The zero-order valence-electron chi connectivity index (χ0n) is 13.8. The molecular weight excluding hydrogens is 347 g/mol. The van der Waals surface area contributed by atoms with Crippen molar-refractivity contribution < 1.29 is 9.32 Å². The van der Waals surface area contributed by atoms with Crippen LogP contribution in [0.4, 0.5) is 0 Å². The lowest BCUT2D eigenvalue weighted by Crippen LogP contribution is -2.43. The van der Waals surface area contributed by atoms with Crippen LogP contribution >= 0.6 is 23.2 Å². The van der Waals surface area contributed by atoms with E-state index in [1.807, 2.05) is 4.90 Å². The van der Waals surface area contributed by atoms with E-state index in [2.05, 4.69) is 12.1 Å². The van der Waals surface area contributed by atoms with Crippen molar-refractivity contribution in [1.29, 1.82) is 0 Å². The van der Waals surface area contributed by atoms with Crippen LogP contribution in [0, 0.1) is 6.92 Å². The summed E-state index contributed by atoms with van der Waals surface area (Å²) < 4.78 is 5.33. The number of nitrogens with zero attached hydrogens (tertiary/aromatic N) is 2. The summed E-state index contributed by atoms with van der Waals surface area (Å²) in [6.07, 6.45) is 4.16. The van der Waals surface area contributed by atoms with E-state index in [-0.39, 0.29) is 11.9 Å². The second-order valence-corrected chi connectivity index (χ2v) is 6.93. The van der Waals surface area contributed by atoms with E-state index >= 15 is 0 Å². The van der Waals surface area contributed by atoms with Crippen LogP contribution in [-0.4, -0.2) is 28.6 Å². The van der Waals surface area contributed by atoms with Gasteiger partial charge in [0.2, 0.25) is 0 Å². The summed E-state index contributed by atoms with van der Waals surface area (Å²) in [7, 11) is 0. The Labute approximate surface area is 151 Å². The molecule has 0 saturated carbocycles. The van der Waals surface area contributed by atoms with Crippen LogP contribution in [-0.2, 0) is 0 Å².